The Hall–Kier alpha value is -1.38. The molecular weight excluding hydrogens is 204 g/mol. The highest BCUT2D eigenvalue weighted by molar-refractivity contribution is 5.94. The van der Waals surface area contributed by atoms with E-state index in [1.54, 1.807) is 13.0 Å². The zero-order valence-corrected chi connectivity index (χ0v) is 9.81. The van der Waals surface area contributed by atoms with E-state index in [0.717, 1.165) is 0 Å². The minimum atomic E-state index is -0.168. The van der Waals surface area contributed by atoms with Gasteiger partial charge in [-0.3, -0.25) is 9.59 Å². The second kappa shape index (κ2) is 6.26. The van der Waals surface area contributed by atoms with Crippen LogP contribution < -0.4 is 0 Å². The molecule has 0 heterocycles. The molecule has 0 radical (unpaired) electrons. The minimum Gasteiger partial charge on any atom is -0.466 e. The Bertz CT molecular complexity index is 315. The van der Waals surface area contributed by atoms with E-state index in [0.29, 0.717) is 19.4 Å². The van der Waals surface area contributed by atoms with Crippen molar-refractivity contribution in [2.75, 3.05) is 6.61 Å². The monoisotopic (exact) mass is 222 g/mol. The zero-order valence-electron chi connectivity index (χ0n) is 9.81. The first-order valence-corrected chi connectivity index (χ1v) is 5.69. The minimum absolute atomic E-state index is 0.0406. The fraction of sp³-hybridized carbons (Fsp3) is 0.538. The first kappa shape index (κ1) is 12.7. The number of carbonyl (C=O) groups excluding carboxylic acids is 2. The van der Waals surface area contributed by atoms with Gasteiger partial charge in [-0.2, -0.15) is 0 Å². The van der Waals surface area contributed by atoms with Gasteiger partial charge in [0.1, 0.15) is 0 Å². The van der Waals surface area contributed by atoms with Crippen LogP contribution in [0.25, 0.3) is 0 Å². The Morgan fingerprint density at radius 1 is 1.56 bits per heavy atom. The molecule has 0 saturated heterocycles. The van der Waals surface area contributed by atoms with Crippen LogP contribution in [0.5, 0.6) is 0 Å². The van der Waals surface area contributed by atoms with Crippen LogP contribution in [0.2, 0.25) is 0 Å². The lowest BCUT2D eigenvalue weighted by molar-refractivity contribution is -0.143. The molecule has 0 N–H and O–H groups in total. The summed E-state index contributed by atoms with van der Waals surface area (Å²) < 4.78 is 4.81. The zero-order chi connectivity index (χ0) is 12.0. The van der Waals surface area contributed by atoms with E-state index >= 15 is 0 Å². The second-order valence-electron chi connectivity index (χ2n) is 3.90. The molecule has 1 rings (SSSR count). The van der Waals surface area contributed by atoms with Crippen LogP contribution >= 0.6 is 0 Å². The van der Waals surface area contributed by atoms with E-state index in [-0.39, 0.29) is 23.6 Å². The van der Waals surface area contributed by atoms with Gasteiger partial charge in [-0.1, -0.05) is 25.2 Å². The summed E-state index contributed by atoms with van der Waals surface area (Å²) in [7, 11) is 0. The lowest BCUT2D eigenvalue weighted by Crippen LogP contribution is -2.09. The van der Waals surface area contributed by atoms with Gasteiger partial charge in [0.2, 0.25) is 0 Å². The predicted octanol–water partition coefficient (Wildman–Crippen LogP) is 2.28. The number of esters is 1. The van der Waals surface area contributed by atoms with Crippen molar-refractivity contribution in [2.24, 2.45) is 11.8 Å². The maximum Gasteiger partial charge on any atom is 0.306 e. The summed E-state index contributed by atoms with van der Waals surface area (Å²) in [4.78, 5) is 22.2. The number of allylic oxidation sites excluding steroid dienone is 4. The van der Waals surface area contributed by atoms with Crippen LogP contribution in [0.4, 0.5) is 0 Å². The number of ether oxygens (including phenoxy) is 1. The number of hydrogen-bond donors (Lipinski definition) is 0. The third kappa shape index (κ3) is 3.65. The molecule has 0 aliphatic heterocycles. The van der Waals surface area contributed by atoms with Crippen LogP contribution in [0.3, 0.4) is 0 Å². The summed E-state index contributed by atoms with van der Waals surface area (Å²) in [6.07, 6.45) is 8.55. The molecule has 0 aromatic rings. The molecule has 0 aromatic carbocycles. The van der Waals surface area contributed by atoms with Crippen molar-refractivity contribution in [2.45, 2.75) is 26.7 Å². The van der Waals surface area contributed by atoms with Crippen molar-refractivity contribution in [3.8, 4) is 0 Å². The molecule has 1 aliphatic rings. The van der Waals surface area contributed by atoms with Gasteiger partial charge < -0.3 is 4.74 Å². The van der Waals surface area contributed by atoms with E-state index in [1.807, 2.05) is 25.2 Å². The van der Waals surface area contributed by atoms with E-state index in [4.69, 9.17) is 4.74 Å². The molecule has 0 fully saturated rings. The summed E-state index contributed by atoms with van der Waals surface area (Å²) >= 11 is 0. The van der Waals surface area contributed by atoms with Crippen molar-refractivity contribution in [1.29, 1.82) is 0 Å². The molecular formula is C13H18O3. The second-order valence-corrected chi connectivity index (χ2v) is 3.90. The number of hydrogen-bond acceptors (Lipinski definition) is 3. The fourth-order valence-corrected chi connectivity index (χ4v) is 1.63. The van der Waals surface area contributed by atoms with Crippen LogP contribution in [0, 0.1) is 11.8 Å². The summed E-state index contributed by atoms with van der Waals surface area (Å²) in [6, 6.07) is 0. The molecule has 2 atom stereocenters. The fourth-order valence-electron chi connectivity index (χ4n) is 1.63. The number of ketones is 1. The molecule has 3 heteroatoms. The molecule has 0 aromatic heterocycles. The van der Waals surface area contributed by atoms with Gasteiger partial charge in [0.25, 0.3) is 0 Å². The SMILES string of the molecule is CCOC(=O)CC/C=C\[C@H]1C=CC(=O)[C@@H]1C. The molecule has 0 amide bonds. The quantitative estimate of drug-likeness (QED) is 0.529. The van der Waals surface area contributed by atoms with Gasteiger partial charge in [0.05, 0.1) is 6.61 Å². The van der Waals surface area contributed by atoms with Crippen LogP contribution in [0.1, 0.15) is 26.7 Å². The summed E-state index contributed by atoms with van der Waals surface area (Å²) in [5.41, 5.74) is 0. The van der Waals surface area contributed by atoms with Crippen LogP contribution in [-0.4, -0.2) is 18.4 Å². The highest BCUT2D eigenvalue weighted by atomic mass is 16.5. The maximum atomic E-state index is 11.2. The van der Waals surface area contributed by atoms with Gasteiger partial charge in [-0.15, -0.1) is 0 Å². The first-order chi connectivity index (χ1) is 7.65. The predicted molar refractivity (Wildman–Crippen MR) is 61.8 cm³/mol. The molecule has 0 bridgehead atoms. The van der Waals surface area contributed by atoms with Crippen molar-refractivity contribution >= 4 is 11.8 Å². The third-order valence-corrected chi connectivity index (χ3v) is 2.69. The Balaban J connectivity index is 2.25. The average molecular weight is 222 g/mol. The van der Waals surface area contributed by atoms with Gasteiger partial charge in [0.15, 0.2) is 5.78 Å². The van der Waals surface area contributed by atoms with E-state index in [1.165, 1.54) is 0 Å². The summed E-state index contributed by atoms with van der Waals surface area (Å²) in [6.45, 7) is 4.15. The molecule has 0 spiro atoms. The average Bonchev–Trinajstić information content (AvgIpc) is 2.56. The van der Waals surface area contributed by atoms with Crippen molar-refractivity contribution in [1.82, 2.24) is 0 Å². The highest BCUT2D eigenvalue weighted by Crippen LogP contribution is 2.22. The van der Waals surface area contributed by atoms with Crippen LogP contribution in [-0.2, 0) is 14.3 Å². The first-order valence-electron chi connectivity index (χ1n) is 5.69. The maximum absolute atomic E-state index is 11.2. The van der Waals surface area contributed by atoms with Gasteiger partial charge in [-0.25, -0.2) is 0 Å². The molecule has 0 unspecified atom stereocenters. The molecule has 16 heavy (non-hydrogen) atoms. The standard InChI is InChI=1S/C13H18O3/c1-3-16-13(15)7-5-4-6-11-8-9-12(14)10(11)2/h4,6,8-11H,3,5,7H2,1-2H3/b6-4-/t10-,11+/m1/s1. The van der Waals surface area contributed by atoms with Crippen LogP contribution in [0.15, 0.2) is 24.3 Å². The Labute approximate surface area is 96.2 Å². The van der Waals surface area contributed by atoms with Crippen molar-refractivity contribution in [3.05, 3.63) is 24.3 Å². The topological polar surface area (TPSA) is 43.4 Å². The smallest absolute Gasteiger partial charge is 0.306 e. The Kier molecular flexibility index (Phi) is 4.96. The Morgan fingerprint density at radius 2 is 2.31 bits per heavy atom. The lowest BCUT2D eigenvalue weighted by Gasteiger charge is -2.07. The van der Waals surface area contributed by atoms with Crippen molar-refractivity contribution < 1.29 is 14.3 Å². The number of carbonyl (C=O) groups is 2. The molecule has 88 valence electrons. The largest absolute Gasteiger partial charge is 0.466 e. The van der Waals surface area contributed by atoms with Gasteiger partial charge >= 0.3 is 5.97 Å². The van der Waals surface area contributed by atoms with E-state index < -0.39 is 0 Å². The van der Waals surface area contributed by atoms with Gasteiger partial charge in [-0.05, 0) is 19.4 Å². The highest BCUT2D eigenvalue weighted by Gasteiger charge is 2.22. The van der Waals surface area contributed by atoms with E-state index in [2.05, 4.69) is 0 Å². The van der Waals surface area contributed by atoms with Crippen molar-refractivity contribution in [3.63, 3.8) is 0 Å². The third-order valence-electron chi connectivity index (χ3n) is 2.69. The molecule has 3 nitrogen and oxygen atoms in total. The Morgan fingerprint density at radius 3 is 2.88 bits per heavy atom. The number of rotatable bonds is 5. The molecule has 1 aliphatic carbocycles. The normalized spacial score (nSPS) is 24.2. The lowest BCUT2D eigenvalue weighted by atomic mass is 9.96. The van der Waals surface area contributed by atoms with E-state index in [9.17, 15) is 9.59 Å². The summed E-state index contributed by atoms with van der Waals surface area (Å²) in [5, 5.41) is 0. The molecule has 0 saturated carbocycles. The van der Waals surface area contributed by atoms with Gasteiger partial charge in [0, 0.05) is 18.3 Å². The summed E-state index contributed by atoms with van der Waals surface area (Å²) in [5.74, 6) is 0.242.